The molecule has 1 rings (SSSR count). The number of hydrogen-bond donors (Lipinski definition) is 0. The van der Waals surface area contributed by atoms with Crippen LogP contribution in [-0.4, -0.2) is 10.7 Å². The summed E-state index contributed by atoms with van der Waals surface area (Å²) in [6, 6.07) is 4.07. The first-order valence-electron chi connectivity index (χ1n) is 4.25. The fourth-order valence-corrected chi connectivity index (χ4v) is 1.80. The highest BCUT2D eigenvalue weighted by Gasteiger charge is 1.91. The van der Waals surface area contributed by atoms with Crippen molar-refractivity contribution in [1.29, 1.82) is 0 Å². The molecule has 1 aromatic rings. The molecule has 1 nitrogen and oxygen atoms in total. The second-order valence-corrected chi connectivity index (χ2v) is 3.77. The number of rotatable bonds is 5. The van der Waals surface area contributed by atoms with Crippen LogP contribution in [0, 0.1) is 6.92 Å². The summed E-state index contributed by atoms with van der Waals surface area (Å²) in [6.07, 6.45) is 7.25. The SMILES string of the molecule is [CH2]CCCCSc1cccnc1. The number of pyridine rings is 1. The molecule has 0 aliphatic rings. The second kappa shape index (κ2) is 6.06. The van der Waals surface area contributed by atoms with Crippen molar-refractivity contribution < 1.29 is 0 Å². The summed E-state index contributed by atoms with van der Waals surface area (Å²) in [5.74, 6) is 1.18. The molecule has 0 aliphatic carbocycles. The summed E-state index contributed by atoms with van der Waals surface area (Å²) in [5, 5.41) is 0. The van der Waals surface area contributed by atoms with E-state index in [1.165, 1.54) is 23.5 Å². The summed E-state index contributed by atoms with van der Waals surface area (Å²) in [6.45, 7) is 3.81. The van der Waals surface area contributed by atoms with Crippen molar-refractivity contribution in [1.82, 2.24) is 4.98 Å². The van der Waals surface area contributed by atoms with Gasteiger partial charge in [-0.3, -0.25) is 4.98 Å². The van der Waals surface area contributed by atoms with Gasteiger partial charge in [0.05, 0.1) is 0 Å². The Hall–Kier alpha value is -0.500. The second-order valence-electron chi connectivity index (χ2n) is 2.60. The monoisotopic (exact) mass is 180 g/mol. The van der Waals surface area contributed by atoms with Gasteiger partial charge in [-0.25, -0.2) is 0 Å². The zero-order valence-corrected chi connectivity index (χ0v) is 8.02. The quantitative estimate of drug-likeness (QED) is 0.510. The molecule has 0 amide bonds. The minimum absolute atomic E-state index is 1.05. The largest absolute Gasteiger partial charge is 0.264 e. The highest BCUT2D eigenvalue weighted by Crippen LogP contribution is 2.17. The maximum absolute atomic E-state index is 4.05. The predicted molar refractivity (Wildman–Crippen MR) is 54.2 cm³/mol. The number of thioether (sulfide) groups is 1. The first-order valence-corrected chi connectivity index (χ1v) is 5.24. The predicted octanol–water partition coefficient (Wildman–Crippen LogP) is 3.18. The third kappa shape index (κ3) is 3.77. The number of nitrogens with zero attached hydrogens (tertiary/aromatic N) is 1. The number of unbranched alkanes of at least 4 members (excludes halogenated alkanes) is 2. The molecular weight excluding hydrogens is 166 g/mol. The van der Waals surface area contributed by atoms with Gasteiger partial charge in [-0.1, -0.05) is 19.8 Å². The fourth-order valence-electron chi connectivity index (χ4n) is 0.901. The third-order valence-electron chi connectivity index (χ3n) is 1.55. The number of aromatic nitrogens is 1. The Kier molecular flexibility index (Phi) is 4.85. The van der Waals surface area contributed by atoms with Crippen LogP contribution in [0.5, 0.6) is 0 Å². The lowest BCUT2D eigenvalue weighted by Crippen LogP contribution is -1.80. The van der Waals surface area contributed by atoms with Crippen LogP contribution in [0.2, 0.25) is 0 Å². The first-order chi connectivity index (χ1) is 5.93. The first kappa shape index (κ1) is 9.59. The van der Waals surface area contributed by atoms with Crippen LogP contribution in [0.15, 0.2) is 29.4 Å². The van der Waals surface area contributed by atoms with E-state index in [1.54, 1.807) is 6.20 Å². The normalized spacial score (nSPS) is 10.1. The smallest absolute Gasteiger partial charge is 0.0403 e. The molecule has 1 radical (unpaired) electrons. The topological polar surface area (TPSA) is 12.9 Å². The van der Waals surface area contributed by atoms with Crippen molar-refractivity contribution >= 4 is 11.8 Å². The van der Waals surface area contributed by atoms with Crippen molar-refractivity contribution in [3.05, 3.63) is 31.5 Å². The van der Waals surface area contributed by atoms with Gasteiger partial charge in [0.1, 0.15) is 0 Å². The van der Waals surface area contributed by atoms with Gasteiger partial charge in [0.15, 0.2) is 0 Å². The van der Waals surface area contributed by atoms with Gasteiger partial charge in [0, 0.05) is 17.3 Å². The van der Waals surface area contributed by atoms with Crippen LogP contribution in [0.25, 0.3) is 0 Å². The van der Waals surface area contributed by atoms with Gasteiger partial charge in [-0.15, -0.1) is 11.8 Å². The Morgan fingerprint density at radius 1 is 1.42 bits per heavy atom. The zero-order valence-electron chi connectivity index (χ0n) is 7.20. The van der Waals surface area contributed by atoms with Crippen LogP contribution in [0.4, 0.5) is 0 Å². The minimum Gasteiger partial charge on any atom is -0.264 e. The van der Waals surface area contributed by atoms with Crippen molar-refractivity contribution in [3.8, 4) is 0 Å². The van der Waals surface area contributed by atoms with Crippen molar-refractivity contribution in [2.75, 3.05) is 5.75 Å². The average molecular weight is 180 g/mol. The lowest BCUT2D eigenvalue weighted by Gasteiger charge is -1.98. The summed E-state index contributed by atoms with van der Waals surface area (Å²) in [7, 11) is 0. The summed E-state index contributed by atoms with van der Waals surface area (Å²) in [4.78, 5) is 5.32. The molecule has 0 saturated carbocycles. The van der Waals surface area contributed by atoms with Gasteiger partial charge in [-0.2, -0.15) is 0 Å². The zero-order chi connectivity index (χ0) is 8.65. The van der Waals surface area contributed by atoms with Crippen LogP contribution in [0.1, 0.15) is 19.3 Å². The van der Waals surface area contributed by atoms with Crippen molar-refractivity contribution in [3.63, 3.8) is 0 Å². The van der Waals surface area contributed by atoms with Gasteiger partial charge < -0.3 is 0 Å². The van der Waals surface area contributed by atoms with Gasteiger partial charge in [-0.05, 0) is 24.3 Å². The van der Waals surface area contributed by atoms with Crippen LogP contribution >= 0.6 is 11.8 Å². The van der Waals surface area contributed by atoms with E-state index in [0.717, 1.165) is 6.42 Å². The van der Waals surface area contributed by atoms with Gasteiger partial charge in [0.25, 0.3) is 0 Å². The summed E-state index contributed by atoms with van der Waals surface area (Å²) >= 11 is 1.87. The van der Waals surface area contributed by atoms with E-state index in [1.807, 2.05) is 24.0 Å². The molecule has 0 spiro atoms. The lowest BCUT2D eigenvalue weighted by molar-refractivity contribution is 0.821. The lowest BCUT2D eigenvalue weighted by atomic mass is 10.3. The molecule has 65 valence electrons. The Balaban J connectivity index is 2.16. The summed E-state index contributed by atoms with van der Waals surface area (Å²) < 4.78 is 0. The van der Waals surface area contributed by atoms with E-state index in [0.29, 0.717) is 0 Å². The molecule has 0 atom stereocenters. The molecule has 0 saturated heterocycles. The van der Waals surface area contributed by atoms with E-state index in [4.69, 9.17) is 0 Å². The Bertz CT molecular complexity index is 198. The molecule has 1 heterocycles. The molecule has 0 N–H and O–H groups in total. The third-order valence-corrected chi connectivity index (χ3v) is 2.62. The number of hydrogen-bond acceptors (Lipinski definition) is 2. The van der Waals surface area contributed by atoms with E-state index in [9.17, 15) is 0 Å². The minimum atomic E-state index is 1.05. The Morgan fingerprint density at radius 3 is 3.00 bits per heavy atom. The highest BCUT2D eigenvalue weighted by atomic mass is 32.2. The molecule has 0 unspecified atom stereocenters. The molecule has 0 fully saturated rings. The van der Waals surface area contributed by atoms with Crippen molar-refractivity contribution in [2.24, 2.45) is 0 Å². The molecular formula is C10H14NS. The summed E-state index contributed by atoms with van der Waals surface area (Å²) in [5.41, 5.74) is 0. The van der Waals surface area contributed by atoms with Gasteiger partial charge in [0.2, 0.25) is 0 Å². The Labute approximate surface area is 78.6 Å². The molecule has 12 heavy (non-hydrogen) atoms. The van der Waals surface area contributed by atoms with E-state index in [-0.39, 0.29) is 0 Å². The maximum atomic E-state index is 4.05. The molecule has 0 aromatic carbocycles. The fraction of sp³-hybridized carbons (Fsp3) is 0.400. The van der Waals surface area contributed by atoms with Crippen LogP contribution in [-0.2, 0) is 0 Å². The van der Waals surface area contributed by atoms with Crippen LogP contribution < -0.4 is 0 Å². The van der Waals surface area contributed by atoms with E-state index in [2.05, 4.69) is 18.0 Å². The molecule has 1 aromatic heterocycles. The van der Waals surface area contributed by atoms with Crippen LogP contribution in [0.3, 0.4) is 0 Å². The van der Waals surface area contributed by atoms with E-state index >= 15 is 0 Å². The highest BCUT2D eigenvalue weighted by molar-refractivity contribution is 7.99. The standard InChI is InChI=1S/C10H14NS/c1-2-3-4-8-12-10-6-5-7-11-9-10/h5-7,9H,1-4,8H2. The average Bonchev–Trinajstić information content (AvgIpc) is 2.14. The maximum Gasteiger partial charge on any atom is 0.0403 e. The molecule has 2 heteroatoms. The molecule has 0 aliphatic heterocycles. The van der Waals surface area contributed by atoms with Crippen molar-refractivity contribution in [2.45, 2.75) is 24.2 Å². The van der Waals surface area contributed by atoms with E-state index < -0.39 is 0 Å². The molecule has 0 bridgehead atoms. The Morgan fingerprint density at radius 2 is 2.33 bits per heavy atom. The van der Waals surface area contributed by atoms with Gasteiger partial charge >= 0.3 is 0 Å².